The highest BCUT2D eigenvalue weighted by Crippen LogP contribution is 2.26. The number of aryl methyl sites for hydroxylation is 1. The van der Waals surface area contributed by atoms with Crippen molar-refractivity contribution in [1.29, 1.82) is 0 Å². The van der Waals surface area contributed by atoms with E-state index >= 15 is 0 Å². The third-order valence-electron chi connectivity index (χ3n) is 2.64. The zero-order valence-electron chi connectivity index (χ0n) is 9.20. The Labute approximate surface area is 98.8 Å². The van der Waals surface area contributed by atoms with E-state index in [1.165, 1.54) is 0 Å². The van der Waals surface area contributed by atoms with Crippen LogP contribution in [0.15, 0.2) is 24.4 Å². The maximum absolute atomic E-state index is 11.7. The lowest BCUT2D eigenvalue weighted by molar-refractivity contribution is 0.0968. The number of benzene rings is 1. The number of nitrogens with zero attached hydrogens (tertiary/aromatic N) is 1. The molecule has 0 aliphatic heterocycles. The van der Waals surface area contributed by atoms with Gasteiger partial charge in [0, 0.05) is 29.7 Å². The smallest absolute Gasteiger partial charge is 0.179 e. The highest BCUT2D eigenvalue weighted by molar-refractivity contribution is 6.35. The summed E-state index contributed by atoms with van der Waals surface area (Å²) in [6, 6.07) is 4.98. The predicted octanol–water partition coefficient (Wildman–Crippen LogP) is 2.36. The second-order valence-corrected chi connectivity index (χ2v) is 4.38. The van der Waals surface area contributed by atoms with Crippen molar-refractivity contribution in [2.45, 2.75) is 13.0 Å². The summed E-state index contributed by atoms with van der Waals surface area (Å²) in [7, 11) is 1.92. The zero-order chi connectivity index (χ0) is 11.9. The summed E-state index contributed by atoms with van der Waals surface area (Å²) in [6.45, 7) is 1.68. The van der Waals surface area contributed by atoms with Gasteiger partial charge in [0.15, 0.2) is 5.78 Å². The van der Waals surface area contributed by atoms with Crippen molar-refractivity contribution < 1.29 is 4.79 Å². The molecule has 2 aromatic rings. The van der Waals surface area contributed by atoms with Crippen LogP contribution in [0.2, 0.25) is 5.02 Å². The fourth-order valence-electron chi connectivity index (χ4n) is 1.76. The van der Waals surface area contributed by atoms with Crippen molar-refractivity contribution in [3.05, 3.63) is 35.0 Å². The Bertz CT molecular complexity index is 557. The minimum Gasteiger partial charge on any atom is -0.349 e. The van der Waals surface area contributed by atoms with Gasteiger partial charge in [0.2, 0.25) is 0 Å². The summed E-state index contributed by atoms with van der Waals surface area (Å²) in [5.41, 5.74) is 7.18. The largest absolute Gasteiger partial charge is 0.349 e. The molecule has 0 saturated carbocycles. The van der Waals surface area contributed by atoms with Crippen molar-refractivity contribution in [2.75, 3.05) is 0 Å². The van der Waals surface area contributed by atoms with Crippen LogP contribution in [-0.4, -0.2) is 16.4 Å². The van der Waals surface area contributed by atoms with Crippen LogP contribution < -0.4 is 5.73 Å². The standard InChI is InChI=1S/C12H13ClN2O/c1-7(14)12(16)8-3-4-11-9(5-8)10(13)6-15(11)2/h3-7H,14H2,1-2H3. The van der Waals surface area contributed by atoms with Gasteiger partial charge in [0.05, 0.1) is 11.1 Å². The van der Waals surface area contributed by atoms with Gasteiger partial charge in [-0.25, -0.2) is 0 Å². The van der Waals surface area contributed by atoms with Gasteiger partial charge in [-0.2, -0.15) is 0 Å². The molecular formula is C12H13ClN2O. The molecule has 1 heterocycles. The summed E-state index contributed by atoms with van der Waals surface area (Å²) in [6.07, 6.45) is 1.83. The minimum atomic E-state index is -0.486. The fraction of sp³-hybridized carbons (Fsp3) is 0.250. The van der Waals surface area contributed by atoms with E-state index in [0.717, 1.165) is 10.9 Å². The highest BCUT2D eigenvalue weighted by atomic mass is 35.5. The molecule has 0 fully saturated rings. The Morgan fingerprint density at radius 3 is 2.81 bits per heavy atom. The van der Waals surface area contributed by atoms with Gasteiger partial charge >= 0.3 is 0 Å². The zero-order valence-corrected chi connectivity index (χ0v) is 9.95. The number of Topliss-reactive ketones (excluding diaryl/α,β-unsaturated/α-hetero) is 1. The molecule has 1 atom stereocenters. The Kier molecular flexibility index (Phi) is 2.74. The summed E-state index contributed by atoms with van der Waals surface area (Å²) in [4.78, 5) is 11.7. The molecule has 0 bridgehead atoms. The van der Waals surface area contributed by atoms with Crippen LogP contribution in [0, 0.1) is 0 Å². The molecule has 3 nitrogen and oxygen atoms in total. The molecule has 0 aliphatic carbocycles. The first-order valence-electron chi connectivity index (χ1n) is 5.05. The van der Waals surface area contributed by atoms with Gasteiger partial charge in [-0.3, -0.25) is 4.79 Å². The number of halogens is 1. The van der Waals surface area contributed by atoms with Crippen LogP contribution in [0.4, 0.5) is 0 Å². The van der Waals surface area contributed by atoms with Crippen molar-refractivity contribution in [1.82, 2.24) is 4.57 Å². The molecule has 0 spiro atoms. The number of aromatic nitrogens is 1. The molecule has 1 aromatic heterocycles. The van der Waals surface area contributed by atoms with E-state index in [1.54, 1.807) is 19.1 Å². The van der Waals surface area contributed by atoms with E-state index in [2.05, 4.69) is 0 Å². The van der Waals surface area contributed by atoms with Gasteiger partial charge in [-0.1, -0.05) is 11.6 Å². The Hall–Kier alpha value is -1.32. The van der Waals surface area contributed by atoms with Gasteiger partial charge in [0.25, 0.3) is 0 Å². The third-order valence-corrected chi connectivity index (χ3v) is 2.94. The third kappa shape index (κ3) is 1.72. The number of hydrogen-bond acceptors (Lipinski definition) is 2. The van der Waals surface area contributed by atoms with Crippen LogP contribution >= 0.6 is 11.6 Å². The molecule has 16 heavy (non-hydrogen) atoms. The first kappa shape index (κ1) is 11.2. The molecule has 0 saturated heterocycles. The lowest BCUT2D eigenvalue weighted by Gasteiger charge is -2.04. The van der Waals surface area contributed by atoms with Crippen molar-refractivity contribution in [3.8, 4) is 0 Å². The average Bonchev–Trinajstić information content (AvgIpc) is 2.53. The number of nitrogens with two attached hydrogens (primary N) is 1. The van der Waals surface area contributed by atoms with E-state index in [-0.39, 0.29) is 5.78 Å². The molecule has 0 amide bonds. The summed E-state index contributed by atoms with van der Waals surface area (Å²) in [5.74, 6) is -0.0678. The van der Waals surface area contributed by atoms with Crippen LogP contribution in [0.5, 0.6) is 0 Å². The summed E-state index contributed by atoms with van der Waals surface area (Å²) >= 11 is 6.07. The van der Waals surface area contributed by atoms with E-state index in [9.17, 15) is 4.79 Å². The maximum Gasteiger partial charge on any atom is 0.179 e. The van der Waals surface area contributed by atoms with Gasteiger partial charge < -0.3 is 10.3 Å². The molecule has 84 valence electrons. The average molecular weight is 237 g/mol. The van der Waals surface area contributed by atoms with Crippen molar-refractivity contribution in [3.63, 3.8) is 0 Å². The van der Waals surface area contributed by atoms with Crippen LogP contribution in [0.3, 0.4) is 0 Å². The lowest BCUT2D eigenvalue weighted by atomic mass is 10.0. The normalized spacial score (nSPS) is 13.0. The monoisotopic (exact) mass is 236 g/mol. The van der Waals surface area contributed by atoms with Gasteiger partial charge in [-0.15, -0.1) is 0 Å². The van der Waals surface area contributed by atoms with Crippen molar-refractivity contribution >= 4 is 28.3 Å². The SMILES string of the molecule is CC(N)C(=O)c1ccc2c(c1)c(Cl)cn2C. The Morgan fingerprint density at radius 1 is 1.50 bits per heavy atom. The number of hydrogen-bond donors (Lipinski definition) is 1. The van der Waals surface area contributed by atoms with E-state index < -0.39 is 6.04 Å². The number of fused-ring (bicyclic) bond motifs is 1. The number of rotatable bonds is 2. The van der Waals surface area contributed by atoms with Crippen LogP contribution in [-0.2, 0) is 7.05 Å². The molecular weight excluding hydrogens is 224 g/mol. The topological polar surface area (TPSA) is 48.0 Å². The molecule has 0 aliphatic rings. The quantitative estimate of drug-likeness (QED) is 0.814. The molecule has 0 radical (unpaired) electrons. The molecule has 1 aromatic carbocycles. The second-order valence-electron chi connectivity index (χ2n) is 3.97. The summed E-state index contributed by atoms with van der Waals surface area (Å²) < 4.78 is 1.93. The maximum atomic E-state index is 11.7. The molecule has 4 heteroatoms. The molecule has 1 unspecified atom stereocenters. The fourth-order valence-corrected chi connectivity index (χ4v) is 2.06. The second kappa shape index (κ2) is 3.92. The number of ketones is 1. The molecule has 2 rings (SSSR count). The predicted molar refractivity (Wildman–Crippen MR) is 65.9 cm³/mol. The first-order valence-corrected chi connectivity index (χ1v) is 5.43. The van der Waals surface area contributed by atoms with E-state index in [1.807, 2.05) is 23.9 Å². The Balaban J connectivity index is 2.60. The lowest BCUT2D eigenvalue weighted by Crippen LogP contribution is -2.26. The molecule has 2 N–H and O–H groups in total. The van der Waals surface area contributed by atoms with Crippen LogP contribution in [0.1, 0.15) is 17.3 Å². The highest BCUT2D eigenvalue weighted by Gasteiger charge is 2.13. The van der Waals surface area contributed by atoms with Gasteiger partial charge in [-0.05, 0) is 25.1 Å². The summed E-state index contributed by atoms with van der Waals surface area (Å²) in [5, 5.41) is 1.53. The Morgan fingerprint density at radius 2 is 2.19 bits per heavy atom. The minimum absolute atomic E-state index is 0.0678. The first-order chi connectivity index (χ1) is 7.50. The number of carbonyl (C=O) groups is 1. The van der Waals surface area contributed by atoms with Gasteiger partial charge in [0.1, 0.15) is 0 Å². The van der Waals surface area contributed by atoms with E-state index in [0.29, 0.717) is 10.6 Å². The van der Waals surface area contributed by atoms with E-state index in [4.69, 9.17) is 17.3 Å². The number of carbonyl (C=O) groups excluding carboxylic acids is 1. The van der Waals surface area contributed by atoms with Crippen LogP contribution in [0.25, 0.3) is 10.9 Å². The van der Waals surface area contributed by atoms with Crippen molar-refractivity contribution in [2.24, 2.45) is 12.8 Å².